The van der Waals surface area contributed by atoms with E-state index in [1.807, 2.05) is 6.07 Å². The monoisotopic (exact) mass is 573 g/mol. The molecule has 3 aromatic rings. The van der Waals surface area contributed by atoms with E-state index in [0.717, 1.165) is 12.8 Å². The largest absolute Gasteiger partial charge is 0.374 e. The number of carbonyl (C=O) groups excluding carboxylic acids is 1. The Balaban J connectivity index is 1.62. The molecule has 1 aliphatic rings. The smallest absolute Gasteiger partial charge is 0.259 e. The number of benzene rings is 1. The third-order valence-electron chi connectivity index (χ3n) is 6.62. The van der Waals surface area contributed by atoms with Crippen LogP contribution >= 0.6 is 8.53 Å². The molecular formula is C28H41N6O5P. The number of unbranched alkanes of at least 4 members (excludes halogenated alkanes) is 1. The van der Waals surface area contributed by atoms with Crippen LogP contribution in [0.3, 0.4) is 0 Å². The molecule has 0 bridgehead atoms. The molecule has 12 heteroatoms. The van der Waals surface area contributed by atoms with Crippen molar-refractivity contribution in [3.8, 4) is 0 Å². The number of fused-ring (bicyclic) bond motifs is 1. The van der Waals surface area contributed by atoms with Crippen LogP contribution < -0.4 is 5.32 Å². The van der Waals surface area contributed by atoms with Gasteiger partial charge in [0.15, 0.2) is 23.2 Å². The second-order valence-corrected chi connectivity index (χ2v) is 11.6. The molecule has 0 spiro atoms. The first-order chi connectivity index (χ1) is 19.8. The Morgan fingerprint density at radius 3 is 2.58 bits per heavy atom. The zero-order valence-corrected chi connectivity index (χ0v) is 25.0. The maximum absolute atomic E-state index is 12.8. The Hall–Kier alpha value is -2.53. The number of rotatable bonds is 13. The second-order valence-electron chi connectivity index (χ2n) is 10.2. The van der Waals surface area contributed by atoms with Gasteiger partial charge in [0.1, 0.15) is 18.5 Å². The van der Waals surface area contributed by atoms with Gasteiger partial charge in [0, 0.05) is 26.1 Å². The zero-order chi connectivity index (χ0) is 29.5. The number of nitrogens with one attached hydrogen (secondary N) is 1. The summed E-state index contributed by atoms with van der Waals surface area (Å²) in [6.07, 6.45) is 2.53. The fourth-order valence-corrected chi connectivity index (χ4v) is 6.53. The number of imidazole rings is 1. The molecule has 40 heavy (non-hydrogen) atoms. The van der Waals surface area contributed by atoms with E-state index < -0.39 is 33.1 Å². The summed E-state index contributed by atoms with van der Waals surface area (Å²) in [5, 5.41) is 2.83. The van der Waals surface area contributed by atoms with Crippen molar-refractivity contribution in [2.45, 2.75) is 91.0 Å². The zero-order valence-electron chi connectivity index (χ0n) is 25.1. The maximum Gasteiger partial charge on any atom is 0.259 e. The summed E-state index contributed by atoms with van der Waals surface area (Å²) in [5.74, 6) is -0.0113. The highest BCUT2D eigenvalue weighted by molar-refractivity contribution is 7.44. The van der Waals surface area contributed by atoms with E-state index in [-0.39, 0.29) is 30.7 Å². The number of carbonyl (C=O) groups is 1. The van der Waals surface area contributed by atoms with Gasteiger partial charge in [0.25, 0.3) is 14.4 Å². The van der Waals surface area contributed by atoms with Crippen molar-refractivity contribution in [2.75, 3.05) is 19.0 Å². The van der Waals surface area contributed by atoms with Crippen molar-refractivity contribution in [3.05, 3.63) is 48.5 Å². The molecule has 1 aromatic carbocycles. The average Bonchev–Trinajstić information content (AvgIpc) is 3.54. The van der Waals surface area contributed by atoms with E-state index in [9.17, 15) is 4.79 Å². The first kappa shape index (κ1) is 29.0. The topological polar surface area (TPSA) is 113 Å². The highest BCUT2D eigenvalue weighted by Gasteiger charge is 2.48. The van der Waals surface area contributed by atoms with Gasteiger partial charge in [-0.3, -0.25) is 9.36 Å². The van der Waals surface area contributed by atoms with Gasteiger partial charge in [-0.25, -0.2) is 19.6 Å². The number of hydrogen-bond donors (Lipinski definition) is 1. The minimum absolute atomic E-state index is 0.0253. The van der Waals surface area contributed by atoms with Crippen molar-refractivity contribution in [3.63, 3.8) is 0 Å². The van der Waals surface area contributed by atoms with Crippen molar-refractivity contribution in [1.29, 1.82) is 0 Å². The van der Waals surface area contributed by atoms with E-state index >= 15 is 0 Å². The molecule has 218 valence electrons. The summed E-state index contributed by atoms with van der Waals surface area (Å²) in [6, 6.07) is 9.27. The second kappa shape index (κ2) is 13.9. The number of hydrogen-bond acceptors (Lipinski definition) is 9. The summed E-state index contributed by atoms with van der Waals surface area (Å²) in [7, 11) is 0.157. The molecule has 0 saturated carbocycles. The molecule has 0 radical (unpaired) electrons. The van der Waals surface area contributed by atoms with E-state index in [4.69, 9.17) is 19.9 Å². The van der Waals surface area contributed by atoms with Crippen LogP contribution in [-0.2, 0) is 18.5 Å². The molecule has 1 N–H and O–H groups in total. The van der Waals surface area contributed by atoms with Crippen LogP contribution in [0.25, 0.3) is 11.2 Å². The van der Waals surface area contributed by atoms with Gasteiger partial charge in [-0.05, 0) is 53.1 Å². The van der Waals surface area contributed by atoms with Gasteiger partial charge in [0.2, 0.25) is 0 Å². The molecule has 5 atom stereocenters. The number of methoxy groups -OCH3 is 1. The Kier molecular flexibility index (Phi) is 10.1. The Bertz CT molecular complexity index is 1260. The van der Waals surface area contributed by atoms with E-state index in [1.165, 1.54) is 6.33 Å². The molecule has 1 amide bonds. The number of nitrogens with zero attached hydrogens (tertiary/aromatic N) is 5. The Morgan fingerprint density at radius 1 is 1.18 bits per heavy atom. The predicted molar refractivity (Wildman–Crippen MR) is 155 cm³/mol. The predicted octanol–water partition coefficient (Wildman–Crippen LogP) is 5.56. The molecule has 4 rings (SSSR count). The summed E-state index contributed by atoms with van der Waals surface area (Å²) < 4.78 is 37.6. The third kappa shape index (κ3) is 6.67. The fraction of sp³-hybridized carbons (Fsp3) is 0.571. The van der Waals surface area contributed by atoms with Crippen LogP contribution in [0.1, 0.15) is 72.3 Å². The van der Waals surface area contributed by atoms with Gasteiger partial charge in [0.05, 0.1) is 19.0 Å². The van der Waals surface area contributed by atoms with Crippen molar-refractivity contribution >= 4 is 31.4 Å². The van der Waals surface area contributed by atoms with Crippen LogP contribution in [-0.4, -0.2) is 74.2 Å². The van der Waals surface area contributed by atoms with Crippen molar-refractivity contribution in [2.24, 2.45) is 0 Å². The number of anilines is 1. The van der Waals surface area contributed by atoms with Gasteiger partial charge < -0.3 is 23.8 Å². The fourth-order valence-electron chi connectivity index (χ4n) is 4.72. The van der Waals surface area contributed by atoms with Crippen molar-refractivity contribution in [1.82, 2.24) is 24.2 Å². The highest BCUT2D eigenvalue weighted by atomic mass is 31.2. The van der Waals surface area contributed by atoms with E-state index in [1.54, 1.807) is 42.3 Å². The highest BCUT2D eigenvalue weighted by Crippen LogP contribution is 2.50. The molecule has 5 unspecified atom stereocenters. The molecule has 2 aromatic heterocycles. The van der Waals surface area contributed by atoms with Crippen LogP contribution in [0.2, 0.25) is 0 Å². The van der Waals surface area contributed by atoms with Gasteiger partial charge in [-0.2, -0.15) is 0 Å². The molecule has 0 aliphatic carbocycles. The molecule has 1 fully saturated rings. The maximum atomic E-state index is 12.8. The summed E-state index contributed by atoms with van der Waals surface area (Å²) in [5.41, 5.74) is 1.38. The van der Waals surface area contributed by atoms with Gasteiger partial charge in [-0.15, -0.1) is 0 Å². The lowest BCUT2D eigenvalue weighted by atomic mass is 10.1. The van der Waals surface area contributed by atoms with Crippen LogP contribution in [0.4, 0.5) is 5.82 Å². The third-order valence-corrected chi connectivity index (χ3v) is 8.74. The van der Waals surface area contributed by atoms with Gasteiger partial charge >= 0.3 is 0 Å². The Labute approximate surface area is 239 Å². The van der Waals surface area contributed by atoms with E-state index in [2.05, 4.69) is 59.6 Å². The number of ether oxygens (including phenoxy) is 2. The van der Waals surface area contributed by atoms with Crippen molar-refractivity contribution < 1.29 is 24.7 Å². The molecule has 1 aliphatic heterocycles. The molecule has 11 nitrogen and oxygen atoms in total. The standard InChI is InChI=1S/C28H41N6O5P/c1-8-9-15-37-40(34(18(2)3)19(4)5)39-23-20(6)38-28(24(23)36-7)33-17-31-22-25(29-16-30-26(22)33)32-27(35)21-13-11-10-12-14-21/h10-14,16-20,23-24,28H,8-9,15H2,1-7H3,(H,29,30,32,35)/i6D. The van der Waals surface area contributed by atoms with Crippen LogP contribution in [0, 0.1) is 0 Å². The molecular weight excluding hydrogens is 531 g/mol. The minimum Gasteiger partial charge on any atom is -0.374 e. The first-order valence-electron chi connectivity index (χ1n) is 14.4. The number of amides is 1. The van der Waals surface area contributed by atoms with Gasteiger partial charge in [-0.1, -0.05) is 31.5 Å². The lowest BCUT2D eigenvalue weighted by Gasteiger charge is -2.38. The Morgan fingerprint density at radius 2 is 1.93 bits per heavy atom. The van der Waals surface area contributed by atoms with E-state index in [0.29, 0.717) is 23.3 Å². The summed E-state index contributed by atoms with van der Waals surface area (Å²) in [4.78, 5) is 26.0. The number of aromatic nitrogens is 4. The summed E-state index contributed by atoms with van der Waals surface area (Å²) >= 11 is 0. The molecule has 3 heterocycles. The lowest BCUT2D eigenvalue weighted by Crippen LogP contribution is -2.39. The summed E-state index contributed by atoms with van der Waals surface area (Å²) in [6.45, 7) is 11.2. The minimum atomic E-state index is -1.45. The lowest BCUT2D eigenvalue weighted by molar-refractivity contribution is -0.0466. The first-order valence-corrected chi connectivity index (χ1v) is 14.8. The normalized spacial score (nSPS) is 22.4. The quantitative estimate of drug-likeness (QED) is 0.207. The average molecular weight is 574 g/mol. The van der Waals surface area contributed by atoms with Crippen LogP contribution in [0.5, 0.6) is 0 Å². The SMILES string of the molecule is [2H]CC1OC(n2cnc3c(NC(=O)c4ccccc4)ncnc32)C(OC)C1OP(OCCCC)N(C(C)C)C(C)C. The molecule has 1 saturated heterocycles. The van der Waals surface area contributed by atoms with Crippen LogP contribution in [0.15, 0.2) is 43.0 Å².